The summed E-state index contributed by atoms with van der Waals surface area (Å²) in [6.07, 6.45) is 0.455. The SMILES string of the molecule is CC(C)(C)c1ccc(OCCNC(=O)NCCc2ccccc2F)cc1. The van der Waals surface area contributed by atoms with Crippen molar-refractivity contribution in [3.05, 3.63) is 65.5 Å². The van der Waals surface area contributed by atoms with Gasteiger partial charge in [-0.3, -0.25) is 0 Å². The van der Waals surface area contributed by atoms with E-state index < -0.39 is 0 Å². The van der Waals surface area contributed by atoms with Gasteiger partial charge in [0.05, 0.1) is 6.54 Å². The predicted octanol–water partition coefficient (Wildman–Crippen LogP) is 4.04. The second-order valence-corrected chi connectivity index (χ2v) is 7.15. The van der Waals surface area contributed by atoms with Crippen LogP contribution in [0.2, 0.25) is 0 Å². The molecule has 0 saturated carbocycles. The zero-order chi connectivity index (χ0) is 19.0. The maximum atomic E-state index is 13.5. The molecule has 0 unspecified atom stereocenters. The lowest BCUT2D eigenvalue weighted by molar-refractivity contribution is 0.236. The minimum Gasteiger partial charge on any atom is -0.492 e. The quantitative estimate of drug-likeness (QED) is 0.734. The van der Waals surface area contributed by atoms with Gasteiger partial charge in [0.15, 0.2) is 0 Å². The molecular weight excluding hydrogens is 331 g/mol. The Hall–Kier alpha value is -2.56. The Kier molecular flexibility index (Phi) is 7.01. The van der Waals surface area contributed by atoms with Crippen LogP contribution in [-0.4, -0.2) is 25.7 Å². The van der Waals surface area contributed by atoms with Gasteiger partial charge in [-0.05, 0) is 41.2 Å². The number of carbonyl (C=O) groups is 1. The lowest BCUT2D eigenvalue weighted by atomic mass is 9.87. The molecule has 0 aliphatic heterocycles. The maximum absolute atomic E-state index is 13.5. The van der Waals surface area contributed by atoms with Gasteiger partial charge in [0.25, 0.3) is 0 Å². The standard InChI is InChI=1S/C21H27FN2O2/c1-21(2,3)17-8-10-18(11-9-17)26-15-14-24-20(25)23-13-12-16-6-4-5-7-19(16)22/h4-11H,12-15H2,1-3H3,(H2,23,24,25). The second kappa shape index (κ2) is 9.22. The first-order valence-electron chi connectivity index (χ1n) is 8.85. The molecule has 0 atom stereocenters. The fraction of sp³-hybridized carbons (Fsp3) is 0.381. The van der Waals surface area contributed by atoms with E-state index in [0.717, 1.165) is 5.75 Å². The summed E-state index contributed by atoms with van der Waals surface area (Å²) in [6, 6.07) is 14.3. The smallest absolute Gasteiger partial charge is 0.314 e. The molecule has 2 N–H and O–H groups in total. The number of urea groups is 1. The number of benzene rings is 2. The van der Waals surface area contributed by atoms with Crippen LogP contribution in [0.15, 0.2) is 48.5 Å². The summed E-state index contributed by atoms with van der Waals surface area (Å²) in [5.74, 6) is 0.528. The fourth-order valence-electron chi connectivity index (χ4n) is 2.46. The van der Waals surface area contributed by atoms with Crippen LogP contribution in [0.3, 0.4) is 0 Å². The largest absolute Gasteiger partial charge is 0.492 e. The van der Waals surface area contributed by atoms with Crippen molar-refractivity contribution in [3.63, 3.8) is 0 Å². The van der Waals surface area contributed by atoms with Crippen molar-refractivity contribution < 1.29 is 13.9 Å². The van der Waals surface area contributed by atoms with Crippen molar-refractivity contribution in [3.8, 4) is 5.75 Å². The van der Waals surface area contributed by atoms with E-state index in [1.807, 2.05) is 12.1 Å². The maximum Gasteiger partial charge on any atom is 0.314 e. The van der Waals surface area contributed by atoms with Crippen LogP contribution in [0.25, 0.3) is 0 Å². The van der Waals surface area contributed by atoms with E-state index in [2.05, 4.69) is 43.5 Å². The average molecular weight is 358 g/mol. The predicted molar refractivity (Wildman–Crippen MR) is 102 cm³/mol. The van der Waals surface area contributed by atoms with Gasteiger partial charge in [-0.1, -0.05) is 51.1 Å². The number of nitrogens with one attached hydrogen (secondary N) is 2. The van der Waals surface area contributed by atoms with E-state index >= 15 is 0 Å². The molecule has 4 nitrogen and oxygen atoms in total. The fourth-order valence-corrected chi connectivity index (χ4v) is 2.46. The third-order valence-corrected chi connectivity index (χ3v) is 4.01. The number of hydrogen-bond donors (Lipinski definition) is 2. The van der Waals surface area contributed by atoms with Crippen LogP contribution < -0.4 is 15.4 Å². The van der Waals surface area contributed by atoms with Crippen molar-refractivity contribution in [2.24, 2.45) is 0 Å². The van der Waals surface area contributed by atoms with Crippen molar-refractivity contribution in [2.45, 2.75) is 32.6 Å². The van der Waals surface area contributed by atoms with Crippen molar-refractivity contribution in [2.75, 3.05) is 19.7 Å². The van der Waals surface area contributed by atoms with Gasteiger partial charge < -0.3 is 15.4 Å². The van der Waals surface area contributed by atoms with Crippen LogP contribution in [0.5, 0.6) is 5.75 Å². The van der Waals surface area contributed by atoms with Gasteiger partial charge in [0.2, 0.25) is 0 Å². The van der Waals surface area contributed by atoms with Gasteiger partial charge in [-0.15, -0.1) is 0 Å². The van der Waals surface area contributed by atoms with Gasteiger partial charge in [0, 0.05) is 6.54 Å². The Morgan fingerprint density at radius 3 is 2.31 bits per heavy atom. The van der Waals surface area contributed by atoms with E-state index in [-0.39, 0.29) is 17.3 Å². The van der Waals surface area contributed by atoms with Crippen molar-refractivity contribution in [1.82, 2.24) is 10.6 Å². The normalized spacial score (nSPS) is 11.1. The molecule has 2 rings (SSSR count). The Morgan fingerprint density at radius 1 is 1.00 bits per heavy atom. The monoisotopic (exact) mass is 358 g/mol. The summed E-state index contributed by atoms with van der Waals surface area (Å²) in [4.78, 5) is 11.7. The van der Waals surface area contributed by atoms with Gasteiger partial charge in [0.1, 0.15) is 18.2 Å². The van der Waals surface area contributed by atoms with Gasteiger partial charge in [-0.25, -0.2) is 9.18 Å². The zero-order valence-electron chi connectivity index (χ0n) is 15.6. The highest BCUT2D eigenvalue weighted by atomic mass is 19.1. The molecule has 26 heavy (non-hydrogen) atoms. The summed E-state index contributed by atoms with van der Waals surface area (Å²) in [5, 5.41) is 5.43. The molecule has 0 aliphatic carbocycles. The number of amides is 2. The molecule has 0 fully saturated rings. The van der Waals surface area contributed by atoms with Gasteiger partial charge >= 0.3 is 6.03 Å². The molecule has 0 aromatic heterocycles. The third-order valence-electron chi connectivity index (χ3n) is 4.01. The highest BCUT2D eigenvalue weighted by Crippen LogP contribution is 2.24. The second-order valence-electron chi connectivity index (χ2n) is 7.15. The molecule has 0 saturated heterocycles. The molecule has 2 aromatic rings. The first kappa shape index (κ1) is 19.8. The minimum atomic E-state index is -0.284. The number of hydrogen-bond acceptors (Lipinski definition) is 2. The minimum absolute atomic E-state index is 0.112. The van der Waals surface area contributed by atoms with Crippen LogP contribution in [0, 0.1) is 5.82 Å². The number of ether oxygens (including phenoxy) is 1. The highest BCUT2D eigenvalue weighted by molar-refractivity contribution is 5.73. The third kappa shape index (κ3) is 6.39. The van der Waals surface area contributed by atoms with E-state index in [1.165, 1.54) is 11.6 Å². The summed E-state index contributed by atoms with van der Waals surface area (Å²) >= 11 is 0. The van der Waals surface area contributed by atoms with Crippen LogP contribution in [-0.2, 0) is 11.8 Å². The lowest BCUT2D eigenvalue weighted by Crippen LogP contribution is -2.38. The molecule has 0 bridgehead atoms. The molecule has 2 aromatic carbocycles. The summed E-state index contributed by atoms with van der Waals surface area (Å²) in [6.45, 7) is 7.65. The Balaban J connectivity index is 1.62. The molecule has 0 heterocycles. The van der Waals surface area contributed by atoms with Crippen LogP contribution >= 0.6 is 0 Å². The molecule has 0 spiro atoms. The molecular formula is C21H27FN2O2. The summed E-state index contributed by atoms with van der Waals surface area (Å²) in [5.41, 5.74) is 1.95. The van der Waals surface area contributed by atoms with E-state index in [0.29, 0.717) is 31.7 Å². The van der Waals surface area contributed by atoms with Crippen LogP contribution in [0.4, 0.5) is 9.18 Å². The first-order chi connectivity index (χ1) is 12.4. The summed E-state index contributed by atoms with van der Waals surface area (Å²) in [7, 11) is 0. The molecule has 0 aliphatic rings. The highest BCUT2D eigenvalue weighted by Gasteiger charge is 2.12. The lowest BCUT2D eigenvalue weighted by Gasteiger charge is -2.19. The van der Waals surface area contributed by atoms with E-state index in [9.17, 15) is 9.18 Å². The van der Waals surface area contributed by atoms with Crippen molar-refractivity contribution in [1.29, 1.82) is 0 Å². The average Bonchev–Trinajstić information content (AvgIpc) is 2.60. The van der Waals surface area contributed by atoms with E-state index in [4.69, 9.17) is 4.74 Å². The summed E-state index contributed by atoms with van der Waals surface area (Å²) < 4.78 is 19.1. The Morgan fingerprint density at radius 2 is 1.65 bits per heavy atom. The number of rotatable bonds is 7. The zero-order valence-corrected chi connectivity index (χ0v) is 15.6. The molecule has 5 heteroatoms. The molecule has 140 valence electrons. The van der Waals surface area contributed by atoms with Crippen molar-refractivity contribution >= 4 is 6.03 Å². The van der Waals surface area contributed by atoms with E-state index in [1.54, 1.807) is 18.2 Å². The molecule has 0 radical (unpaired) electrons. The first-order valence-corrected chi connectivity index (χ1v) is 8.85. The Bertz CT molecular complexity index is 709. The molecule has 2 amide bonds. The number of carbonyl (C=O) groups excluding carboxylic acids is 1. The van der Waals surface area contributed by atoms with Gasteiger partial charge in [-0.2, -0.15) is 0 Å². The Labute approximate surface area is 154 Å². The van der Waals surface area contributed by atoms with Crippen LogP contribution in [0.1, 0.15) is 31.9 Å². The number of halogens is 1. The topological polar surface area (TPSA) is 50.4 Å².